The Morgan fingerprint density at radius 2 is 1.88 bits per heavy atom. The van der Waals surface area contributed by atoms with Gasteiger partial charge in [0.1, 0.15) is 5.82 Å². The number of pyridine rings is 1. The summed E-state index contributed by atoms with van der Waals surface area (Å²) < 4.78 is 0. The van der Waals surface area contributed by atoms with Crippen LogP contribution in [-0.2, 0) is 14.4 Å². The Labute approximate surface area is 219 Å². The zero-order valence-corrected chi connectivity index (χ0v) is 21.2. The number of hydrogen-bond acceptors (Lipinski definition) is 8. The van der Waals surface area contributed by atoms with E-state index in [0.717, 1.165) is 17.8 Å². The molecule has 176 valence electrons. The maximum Gasteiger partial charge on any atom is 1.00 e. The van der Waals surface area contributed by atoms with Gasteiger partial charge in [0.25, 0.3) is 5.69 Å². The molecule has 2 amide bonds. The fourth-order valence-electron chi connectivity index (χ4n) is 3.05. The normalized spacial score (nSPS) is 11.0. The molecule has 0 bridgehead atoms. The van der Waals surface area contributed by atoms with Crippen LogP contribution in [0.2, 0.25) is 0 Å². The first-order chi connectivity index (χ1) is 15.7. The van der Waals surface area contributed by atoms with Crippen LogP contribution in [-0.4, -0.2) is 40.8 Å². The van der Waals surface area contributed by atoms with Crippen LogP contribution in [0.5, 0.6) is 0 Å². The van der Waals surface area contributed by atoms with Crippen LogP contribution in [0.25, 0.3) is 0 Å². The Balaban J connectivity index is 0.00000578. The second kappa shape index (κ2) is 15.0. The Morgan fingerprint density at radius 1 is 1.12 bits per heavy atom. The van der Waals surface area contributed by atoms with E-state index in [9.17, 15) is 29.6 Å². The molecule has 0 aliphatic carbocycles. The van der Waals surface area contributed by atoms with Crippen molar-refractivity contribution in [2.24, 2.45) is 0 Å². The van der Waals surface area contributed by atoms with E-state index in [1.54, 1.807) is 6.20 Å². The van der Waals surface area contributed by atoms with E-state index in [4.69, 9.17) is 0 Å². The molecule has 3 N–H and O–H groups in total. The van der Waals surface area contributed by atoms with Crippen molar-refractivity contribution in [1.82, 2.24) is 15.6 Å². The van der Waals surface area contributed by atoms with E-state index < -0.39 is 29.3 Å². The Hall–Kier alpha value is -3.02. The number of carboxylic acid groups (broad SMARTS) is 1. The molecule has 1 unspecified atom stereocenters. The van der Waals surface area contributed by atoms with E-state index in [-0.39, 0.29) is 59.7 Å². The van der Waals surface area contributed by atoms with Crippen molar-refractivity contribution in [3.8, 4) is 0 Å². The summed E-state index contributed by atoms with van der Waals surface area (Å²) in [5.41, 5.74) is 1.12. The van der Waals surface area contributed by atoms with Gasteiger partial charge >= 0.3 is 29.6 Å². The van der Waals surface area contributed by atoms with Gasteiger partial charge in [-0.2, -0.15) is 0 Å². The number of nitrogens with zero attached hydrogens (tertiary/aromatic N) is 2. The third kappa shape index (κ3) is 10.7. The zero-order valence-electron chi connectivity index (χ0n) is 19.2. The van der Waals surface area contributed by atoms with Crippen LogP contribution in [0.3, 0.4) is 0 Å². The molecule has 0 saturated heterocycles. The molecule has 11 nitrogen and oxygen atoms in total. The Kier molecular flexibility index (Phi) is 12.8. The Bertz CT molecular complexity index is 1000. The second-order valence-electron chi connectivity index (χ2n) is 7.43. The second-order valence-corrected chi connectivity index (χ2v) is 7.43. The predicted molar refractivity (Wildman–Crippen MR) is 118 cm³/mol. The third-order valence-corrected chi connectivity index (χ3v) is 4.69. The smallest absolute Gasteiger partial charge is 0.550 e. The molecule has 34 heavy (non-hydrogen) atoms. The largest absolute Gasteiger partial charge is 1.00 e. The van der Waals surface area contributed by atoms with Crippen LogP contribution in [0.15, 0.2) is 42.6 Å². The number of nitro groups is 1. The molecule has 0 aliphatic rings. The van der Waals surface area contributed by atoms with Crippen molar-refractivity contribution < 1.29 is 54.0 Å². The minimum absolute atomic E-state index is 0. The van der Waals surface area contributed by atoms with Crippen molar-refractivity contribution in [1.29, 1.82) is 0 Å². The molecule has 2 rings (SSSR count). The van der Waals surface area contributed by atoms with Gasteiger partial charge < -0.3 is 25.9 Å². The molecule has 1 aromatic carbocycles. The Morgan fingerprint density at radius 3 is 2.56 bits per heavy atom. The molecule has 1 heterocycles. The number of nitro benzene ring substituents is 1. The molecular weight excluding hydrogens is 453 g/mol. The summed E-state index contributed by atoms with van der Waals surface area (Å²) in [4.78, 5) is 49.7. The molecular formula is C22H26N5NaO6. The summed E-state index contributed by atoms with van der Waals surface area (Å²) in [5.74, 6) is -1.59. The maximum absolute atomic E-state index is 12.2. The van der Waals surface area contributed by atoms with E-state index >= 15 is 0 Å². The van der Waals surface area contributed by atoms with Gasteiger partial charge in [-0.15, -0.1) is 0 Å². The minimum Gasteiger partial charge on any atom is -0.550 e. The number of amides is 2. The van der Waals surface area contributed by atoms with Crippen molar-refractivity contribution in [3.63, 3.8) is 0 Å². The number of benzene rings is 1. The summed E-state index contributed by atoms with van der Waals surface area (Å²) in [6, 6.07) is 8.11. The number of aromatic nitrogens is 1. The minimum atomic E-state index is -1.43. The van der Waals surface area contributed by atoms with E-state index in [1.165, 1.54) is 24.3 Å². The molecule has 0 radical (unpaired) electrons. The number of anilines is 1. The number of rotatable bonds is 13. The zero-order chi connectivity index (χ0) is 24.2. The van der Waals surface area contributed by atoms with E-state index in [1.807, 2.05) is 19.1 Å². The predicted octanol–water partition coefficient (Wildman–Crippen LogP) is -2.00. The molecule has 0 fully saturated rings. The first-order valence-corrected chi connectivity index (χ1v) is 10.4. The SMILES string of the molecule is Cc1ccnc(NCCCCC(=O)NCC(=O)NC(CC(=O)[O-])c2cccc([N+](=O)[O-])c2)c1.[Na+]. The first kappa shape index (κ1) is 29.0. The molecule has 0 aliphatic heterocycles. The molecule has 1 atom stereocenters. The fourth-order valence-corrected chi connectivity index (χ4v) is 3.05. The number of carbonyl (C=O) groups excluding carboxylic acids is 3. The average Bonchev–Trinajstić information content (AvgIpc) is 2.77. The van der Waals surface area contributed by atoms with Crippen molar-refractivity contribution in [2.45, 2.75) is 38.6 Å². The number of non-ortho nitro benzene ring substituents is 1. The third-order valence-electron chi connectivity index (χ3n) is 4.69. The van der Waals surface area contributed by atoms with E-state index in [0.29, 0.717) is 13.0 Å². The first-order valence-electron chi connectivity index (χ1n) is 10.4. The van der Waals surface area contributed by atoms with Crippen LogP contribution >= 0.6 is 0 Å². The molecule has 2 aromatic rings. The number of unbranched alkanes of at least 4 members (excludes halogenated alkanes) is 1. The van der Waals surface area contributed by atoms with Crippen LogP contribution in [0, 0.1) is 17.0 Å². The van der Waals surface area contributed by atoms with Crippen LogP contribution in [0.4, 0.5) is 11.5 Å². The number of hydrogen-bond donors (Lipinski definition) is 3. The van der Waals surface area contributed by atoms with Gasteiger partial charge in [-0.25, -0.2) is 4.98 Å². The molecule has 0 saturated carbocycles. The summed E-state index contributed by atoms with van der Waals surface area (Å²) >= 11 is 0. The van der Waals surface area contributed by atoms with Crippen molar-refractivity contribution in [3.05, 3.63) is 63.8 Å². The van der Waals surface area contributed by atoms with E-state index in [2.05, 4.69) is 20.9 Å². The molecule has 0 spiro atoms. The van der Waals surface area contributed by atoms with Gasteiger partial charge in [0, 0.05) is 43.7 Å². The molecule has 12 heteroatoms. The quantitative estimate of drug-likeness (QED) is 0.128. The van der Waals surface area contributed by atoms with Gasteiger partial charge in [0.2, 0.25) is 11.8 Å². The summed E-state index contributed by atoms with van der Waals surface area (Å²) in [5, 5.41) is 30.1. The number of carbonyl (C=O) groups is 3. The number of aryl methyl sites for hydroxylation is 1. The topological polar surface area (TPSA) is 166 Å². The average molecular weight is 479 g/mol. The maximum atomic E-state index is 12.2. The number of carboxylic acids is 1. The molecule has 1 aromatic heterocycles. The van der Waals surface area contributed by atoms with Gasteiger partial charge in [-0.3, -0.25) is 19.7 Å². The van der Waals surface area contributed by atoms with Gasteiger partial charge in [0.05, 0.1) is 17.5 Å². The van der Waals surface area contributed by atoms with Gasteiger partial charge in [-0.1, -0.05) is 12.1 Å². The monoisotopic (exact) mass is 479 g/mol. The van der Waals surface area contributed by atoms with Gasteiger partial charge in [-0.05, 0) is 43.0 Å². The summed E-state index contributed by atoms with van der Waals surface area (Å²) in [7, 11) is 0. The van der Waals surface area contributed by atoms with Crippen molar-refractivity contribution >= 4 is 29.3 Å². The number of aliphatic carboxylic acids is 1. The summed E-state index contributed by atoms with van der Waals surface area (Å²) in [6.07, 6.45) is 2.71. The fraction of sp³-hybridized carbons (Fsp3) is 0.364. The van der Waals surface area contributed by atoms with Crippen LogP contribution in [0.1, 0.15) is 42.9 Å². The van der Waals surface area contributed by atoms with Gasteiger partial charge in [0.15, 0.2) is 0 Å². The van der Waals surface area contributed by atoms with Crippen LogP contribution < -0.4 is 50.6 Å². The summed E-state index contributed by atoms with van der Waals surface area (Å²) in [6.45, 7) is 2.28. The standard InChI is InChI=1S/C22H27N5O6.Na/c1-15-8-10-24-19(11-15)23-9-3-2-7-20(28)25-14-21(29)26-18(13-22(30)31)16-5-4-6-17(12-16)27(32)33;/h4-6,8,10-12,18H,2-3,7,9,13-14H2,1H3,(H,23,24)(H,25,28)(H,26,29)(H,30,31);/q;+1/p-1. The van der Waals surface area contributed by atoms with Crippen molar-refractivity contribution in [2.75, 3.05) is 18.4 Å². The number of nitrogens with one attached hydrogen (secondary N) is 3.